The number of anilines is 1. The number of rotatable bonds is 4. The van der Waals surface area contributed by atoms with Gasteiger partial charge in [-0.05, 0) is 30.3 Å². The summed E-state index contributed by atoms with van der Waals surface area (Å²) in [5, 5.41) is 3.21. The Hall–Kier alpha value is -1.95. The summed E-state index contributed by atoms with van der Waals surface area (Å²) in [5.74, 6) is -0.904. The maximum Gasteiger partial charge on any atom is 0.259 e. The summed E-state index contributed by atoms with van der Waals surface area (Å²) < 4.78 is 5.12. The molecule has 2 aromatic rings. The van der Waals surface area contributed by atoms with Crippen molar-refractivity contribution in [2.45, 2.75) is 0 Å². The van der Waals surface area contributed by atoms with Crippen LogP contribution in [0.25, 0.3) is 0 Å². The second-order valence-corrected chi connectivity index (χ2v) is 5.73. The summed E-state index contributed by atoms with van der Waals surface area (Å²) in [6, 6.07) is 7.25. The Morgan fingerprint density at radius 2 is 1.74 bits per heavy atom. The SMILES string of the molecule is COc1ccc(Cl)cc1C(=O)Nc1cc(C(N)=O)c(Cl)cc1Cl. The van der Waals surface area contributed by atoms with E-state index in [4.69, 9.17) is 45.3 Å². The molecule has 8 heteroatoms. The molecule has 23 heavy (non-hydrogen) atoms. The van der Waals surface area contributed by atoms with Gasteiger partial charge in [0.1, 0.15) is 5.75 Å². The van der Waals surface area contributed by atoms with Gasteiger partial charge in [0.15, 0.2) is 0 Å². The highest BCUT2D eigenvalue weighted by Gasteiger charge is 2.17. The Bertz CT molecular complexity index is 794. The number of primary amides is 1. The van der Waals surface area contributed by atoms with Crippen molar-refractivity contribution in [2.24, 2.45) is 5.73 Å². The van der Waals surface area contributed by atoms with E-state index < -0.39 is 11.8 Å². The minimum Gasteiger partial charge on any atom is -0.496 e. The zero-order valence-corrected chi connectivity index (χ0v) is 14.1. The van der Waals surface area contributed by atoms with Crippen molar-refractivity contribution in [2.75, 3.05) is 12.4 Å². The topological polar surface area (TPSA) is 81.4 Å². The van der Waals surface area contributed by atoms with Crippen molar-refractivity contribution in [1.29, 1.82) is 0 Å². The molecular weight excluding hydrogens is 363 g/mol. The summed E-state index contributed by atoms with van der Waals surface area (Å²) in [4.78, 5) is 23.7. The molecule has 120 valence electrons. The molecule has 2 amide bonds. The van der Waals surface area contributed by atoms with Gasteiger partial charge in [-0.1, -0.05) is 34.8 Å². The highest BCUT2D eigenvalue weighted by atomic mass is 35.5. The highest BCUT2D eigenvalue weighted by Crippen LogP contribution is 2.30. The largest absolute Gasteiger partial charge is 0.496 e. The molecule has 0 spiro atoms. The van der Waals surface area contributed by atoms with Crippen LogP contribution in [0.3, 0.4) is 0 Å². The standard InChI is InChI=1S/C15H11Cl3N2O3/c1-23-13-3-2-7(16)4-9(13)15(22)20-12-5-8(14(19)21)10(17)6-11(12)18/h2-6H,1H3,(H2,19,21)(H,20,22). The zero-order chi connectivity index (χ0) is 17.1. The van der Waals surface area contributed by atoms with Gasteiger partial charge < -0.3 is 15.8 Å². The molecule has 3 N–H and O–H groups in total. The average Bonchev–Trinajstić information content (AvgIpc) is 2.49. The minimum atomic E-state index is -0.734. The third-order valence-electron chi connectivity index (χ3n) is 2.98. The molecule has 0 aliphatic carbocycles. The predicted molar refractivity (Wildman–Crippen MR) is 90.9 cm³/mol. The molecule has 0 radical (unpaired) electrons. The van der Waals surface area contributed by atoms with Crippen LogP contribution in [0.4, 0.5) is 5.69 Å². The van der Waals surface area contributed by atoms with E-state index in [2.05, 4.69) is 5.32 Å². The Morgan fingerprint density at radius 1 is 1.04 bits per heavy atom. The first-order chi connectivity index (χ1) is 10.8. The van der Waals surface area contributed by atoms with E-state index in [0.29, 0.717) is 10.8 Å². The molecule has 0 aliphatic heterocycles. The summed E-state index contributed by atoms with van der Waals surface area (Å²) >= 11 is 17.8. The second-order valence-electron chi connectivity index (χ2n) is 4.47. The van der Waals surface area contributed by atoms with E-state index in [1.807, 2.05) is 0 Å². The van der Waals surface area contributed by atoms with Crippen molar-refractivity contribution < 1.29 is 14.3 Å². The molecule has 0 aliphatic rings. The summed E-state index contributed by atoms with van der Waals surface area (Å²) in [6.07, 6.45) is 0. The van der Waals surface area contributed by atoms with Crippen LogP contribution in [0.2, 0.25) is 15.1 Å². The molecule has 0 bridgehead atoms. The lowest BCUT2D eigenvalue weighted by molar-refractivity contribution is 0.0995. The van der Waals surface area contributed by atoms with Crippen LogP contribution in [0.15, 0.2) is 30.3 Å². The molecule has 2 rings (SSSR count). The summed E-state index contributed by atoms with van der Waals surface area (Å²) in [7, 11) is 1.43. The van der Waals surface area contributed by atoms with Crippen molar-refractivity contribution >= 4 is 52.3 Å². The first-order valence-corrected chi connectivity index (χ1v) is 7.40. The number of halogens is 3. The van der Waals surface area contributed by atoms with Crippen LogP contribution in [-0.4, -0.2) is 18.9 Å². The van der Waals surface area contributed by atoms with Crippen LogP contribution in [0, 0.1) is 0 Å². The molecule has 5 nitrogen and oxygen atoms in total. The van der Waals surface area contributed by atoms with Crippen LogP contribution >= 0.6 is 34.8 Å². The average molecular weight is 374 g/mol. The minimum absolute atomic E-state index is 0.0458. The number of ether oxygens (including phenoxy) is 1. The van der Waals surface area contributed by atoms with E-state index in [9.17, 15) is 9.59 Å². The molecule has 0 saturated carbocycles. The Labute approximate surface area is 147 Å². The van der Waals surface area contributed by atoms with Gasteiger partial charge in [0, 0.05) is 5.02 Å². The van der Waals surface area contributed by atoms with E-state index in [-0.39, 0.29) is 26.9 Å². The van der Waals surface area contributed by atoms with Gasteiger partial charge in [0.25, 0.3) is 5.91 Å². The first kappa shape index (κ1) is 17.4. The molecule has 0 heterocycles. The molecule has 0 saturated heterocycles. The number of nitrogens with two attached hydrogens (primary N) is 1. The van der Waals surface area contributed by atoms with Gasteiger partial charge in [0.2, 0.25) is 5.91 Å². The first-order valence-electron chi connectivity index (χ1n) is 6.27. The van der Waals surface area contributed by atoms with E-state index >= 15 is 0 Å². The Morgan fingerprint density at radius 3 is 2.35 bits per heavy atom. The van der Waals surface area contributed by atoms with Crippen LogP contribution in [0.1, 0.15) is 20.7 Å². The maximum absolute atomic E-state index is 12.4. The van der Waals surface area contributed by atoms with E-state index in [1.54, 1.807) is 12.1 Å². The number of carbonyl (C=O) groups excluding carboxylic acids is 2. The normalized spacial score (nSPS) is 10.3. The third kappa shape index (κ3) is 3.88. The third-order valence-corrected chi connectivity index (χ3v) is 3.84. The van der Waals surface area contributed by atoms with Crippen molar-refractivity contribution in [3.05, 3.63) is 56.5 Å². The maximum atomic E-state index is 12.4. The summed E-state index contributed by atoms with van der Waals surface area (Å²) in [5.41, 5.74) is 5.68. The summed E-state index contributed by atoms with van der Waals surface area (Å²) in [6.45, 7) is 0. The molecule has 0 aromatic heterocycles. The van der Waals surface area contributed by atoms with Crippen LogP contribution < -0.4 is 15.8 Å². The fourth-order valence-electron chi connectivity index (χ4n) is 1.88. The molecule has 0 fully saturated rings. The van der Waals surface area contributed by atoms with Gasteiger partial charge in [0.05, 0.1) is 34.0 Å². The number of carbonyl (C=O) groups is 2. The van der Waals surface area contributed by atoms with Gasteiger partial charge in [-0.25, -0.2) is 0 Å². The molecule has 0 atom stereocenters. The van der Waals surface area contributed by atoms with Gasteiger partial charge in [-0.3, -0.25) is 9.59 Å². The van der Waals surface area contributed by atoms with Crippen LogP contribution in [0.5, 0.6) is 5.75 Å². The fourth-order valence-corrected chi connectivity index (χ4v) is 2.58. The number of benzene rings is 2. The monoisotopic (exact) mass is 372 g/mol. The van der Waals surface area contributed by atoms with Crippen molar-refractivity contribution in [3.63, 3.8) is 0 Å². The zero-order valence-electron chi connectivity index (χ0n) is 11.8. The number of hydrogen-bond acceptors (Lipinski definition) is 3. The van der Waals surface area contributed by atoms with Gasteiger partial charge >= 0.3 is 0 Å². The molecular formula is C15H11Cl3N2O3. The lowest BCUT2D eigenvalue weighted by Gasteiger charge is -2.12. The lowest BCUT2D eigenvalue weighted by Crippen LogP contribution is -2.16. The van der Waals surface area contributed by atoms with Gasteiger partial charge in [-0.2, -0.15) is 0 Å². The molecule has 0 unspecified atom stereocenters. The number of nitrogens with one attached hydrogen (secondary N) is 1. The fraction of sp³-hybridized carbons (Fsp3) is 0.0667. The number of methoxy groups -OCH3 is 1. The number of hydrogen-bond donors (Lipinski definition) is 2. The highest BCUT2D eigenvalue weighted by molar-refractivity contribution is 6.38. The van der Waals surface area contributed by atoms with Gasteiger partial charge in [-0.15, -0.1) is 0 Å². The Kier molecular flexibility index (Phi) is 5.36. The lowest BCUT2D eigenvalue weighted by atomic mass is 10.1. The Balaban J connectivity index is 2.39. The number of amides is 2. The van der Waals surface area contributed by atoms with E-state index in [1.165, 1.54) is 25.3 Å². The van der Waals surface area contributed by atoms with Crippen molar-refractivity contribution in [1.82, 2.24) is 0 Å². The smallest absolute Gasteiger partial charge is 0.259 e. The second kappa shape index (κ2) is 7.08. The van der Waals surface area contributed by atoms with E-state index in [0.717, 1.165) is 0 Å². The van der Waals surface area contributed by atoms with Crippen LogP contribution in [-0.2, 0) is 0 Å². The molecule has 2 aromatic carbocycles. The predicted octanol–water partition coefficient (Wildman–Crippen LogP) is 4.01. The van der Waals surface area contributed by atoms with Crippen molar-refractivity contribution in [3.8, 4) is 5.75 Å². The quantitative estimate of drug-likeness (QED) is 0.849.